The Kier molecular flexibility index (Phi) is 3.63. The zero-order valence-electron chi connectivity index (χ0n) is 9.70. The van der Waals surface area contributed by atoms with Crippen LogP contribution in [-0.4, -0.2) is 40.2 Å². The van der Waals surface area contributed by atoms with Crippen LogP contribution in [0.15, 0.2) is 12.4 Å². The lowest BCUT2D eigenvalue weighted by atomic mass is 10.1. The number of hydrogen-bond donors (Lipinski definition) is 1. The van der Waals surface area contributed by atoms with Crippen molar-refractivity contribution in [2.75, 3.05) is 13.2 Å². The van der Waals surface area contributed by atoms with Crippen LogP contribution in [0.3, 0.4) is 0 Å². The average molecular weight is 240 g/mol. The Morgan fingerprint density at radius 2 is 2.35 bits per heavy atom. The summed E-state index contributed by atoms with van der Waals surface area (Å²) in [5, 5.41) is 12.9. The highest BCUT2D eigenvalue weighted by Gasteiger charge is 2.18. The van der Waals surface area contributed by atoms with E-state index in [4.69, 9.17) is 14.6 Å². The van der Waals surface area contributed by atoms with Crippen molar-refractivity contribution in [1.29, 1.82) is 0 Å². The van der Waals surface area contributed by atoms with Crippen LogP contribution in [0, 0.1) is 0 Å². The van der Waals surface area contributed by atoms with Crippen molar-refractivity contribution in [3.05, 3.63) is 12.4 Å². The monoisotopic (exact) mass is 240 g/mol. The minimum Gasteiger partial charge on any atom is -0.479 e. The summed E-state index contributed by atoms with van der Waals surface area (Å²) in [6.45, 7) is 2.98. The van der Waals surface area contributed by atoms with Gasteiger partial charge in [0.25, 0.3) is 0 Å². The topological polar surface area (TPSA) is 73.6 Å². The Morgan fingerprint density at radius 3 is 3.00 bits per heavy atom. The van der Waals surface area contributed by atoms with Crippen LogP contribution in [0.2, 0.25) is 0 Å². The molecule has 1 saturated heterocycles. The number of carbonyl (C=O) groups is 1. The van der Waals surface area contributed by atoms with Crippen LogP contribution < -0.4 is 4.74 Å². The van der Waals surface area contributed by atoms with E-state index in [1.165, 1.54) is 6.92 Å². The smallest absolute Gasteiger partial charge is 0.344 e. The standard InChI is InChI=1S/C11H16N2O4/c1-8(11(14)15)17-10-6-12-13(7-10)9-2-4-16-5-3-9/h6-9H,2-5H2,1H3,(H,14,15). The third-order valence-electron chi connectivity index (χ3n) is 2.80. The molecule has 1 fully saturated rings. The Bertz CT molecular complexity index is 385. The lowest BCUT2D eigenvalue weighted by Crippen LogP contribution is -2.22. The Morgan fingerprint density at radius 1 is 1.65 bits per heavy atom. The van der Waals surface area contributed by atoms with E-state index >= 15 is 0 Å². The normalized spacial score (nSPS) is 18.9. The van der Waals surface area contributed by atoms with Crippen molar-refractivity contribution in [3.8, 4) is 5.75 Å². The van der Waals surface area contributed by atoms with E-state index < -0.39 is 12.1 Å². The zero-order valence-corrected chi connectivity index (χ0v) is 9.70. The molecule has 0 amide bonds. The van der Waals surface area contributed by atoms with Gasteiger partial charge in [0.15, 0.2) is 11.9 Å². The van der Waals surface area contributed by atoms with Crippen molar-refractivity contribution in [1.82, 2.24) is 9.78 Å². The van der Waals surface area contributed by atoms with E-state index in [9.17, 15) is 4.79 Å². The largest absolute Gasteiger partial charge is 0.479 e. The SMILES string of the molecule is CC(Oc1cnn(C2CCOCC2)c1)C(=O)O. The van der Waals surface area contributed by atoms with E-state index in [0.29, 0.717) is 11.8 Å². The van der Waals surface area contributed by atoms with Gasteiger partial charge in [0, 0.05) is 13.2 Å². The Labute approximate surface area is 99.1 Å². The lowest BCUT2D eigenvalue weighted by molar-refractivity contribution is -0.144. The first-order valence-corrected chi connectivity index (χ1v) is 5.68. The maximum Gasteiger partial charge on any atom is 0.344 e. The molecule has 1 unspecified atom stereocenters. The second-order valence-corrected chi connectivity index (χ2v) is 4.10. The third-order valence-corrected chi connectivity index (χ3v) is 2.80. The molecule has 1 atom stereocenters. The fourth-order valence-electron chi connectivity index (χ4n) is 1.79. The van der Waals surface area contributed by atoms with Gasteiger partial charge in [-0.05, 0) is 19.8 Å². The second kappa shape index (κ2) is 5.18. The summed E-state index contributed by atoms with van der Waals surface area (Å²) < 4.78 is 12.3. The van der Waals surface area contributed by atoms with Crippen molar-refractivity contribution in [2.45, 2.75) is 31.9 Å². The van der Waals surface area contributed by atoms with Gasteiger partial charge in [-0.15, -0.1) is 0 Å². The van der Waals surface area contributed by atoms with Gasteiger partial charge in [0.1, 0.15) is 0 Å². The number of carboxylic acid groups (broad SMARTS) is 1. The highest BCUT2D eigenvalue weighted by molar-refractivity contribution is 5.72. The molecule has 17 heavy (non-hydrogen) atoms. The van der Waals surface area contributed by atoms with Gasteiger partial charge < -0.3 is 14.6 Å². The van der Waals surface area contributed by atoms with Gasteiger partial charge in [-0.25, -0.2) is 4.79 Å². The van der Waals surface area contributed by atoms with Crippen LogP contribution in [0.1, 0.15) is 25.8 Å². The minimum atomic E-state index is -0.983. The molecule has 0 aliphatic carbocycles. The molecule has 1 aliphatic rings. The average Bonchev–Trinajstić information content (AvgIpc) is 2.78. The first kappa shape index (κ1) is 11.9. The van der Waals surface area contributed by atoms with Crippen LogP contribution in [0.4, 0.5) is 0 Å². The molecule has 0 spiro atoms. The molecule has 1 aromatic heterocycles. The summed E-state index contributed by atoms with van der Waals surface area (Å²) in [6.07, 6.45) is 4.29. The number of rotatable bonds is 4. The van der Waals surface area contributed by atoms with Gasteiger partial charge >= 0.3 is 5.97 Å². The molecule has 6 nitrogen and oxygen atoms in total. The Balaban J connectivity index is 1.97. The number of aliphatic carboxylic acids is 1. The highest BCUT2D eigenvalue weighted by Crippen LogP contribution is 2.22. The van der Waals surface area contributed by atoms with Crippen molar-refractivity contribution < 1.29 is 19.4 Å². The molecule has 2 rings (SSSR count). The summed E-state index contributed by atoms with van der Waals surface area (Å²) in [4.78, 5) is 10.6. The molecular formula is C11H16N2O4. The van der Waals surface area contributed by atoms with E-state index in [1.54, 1.807) is 12.4 Å². The molecule has 1 N–H and O–H groups in total. The molecule has 94 valence electrons. The molecular weight excluding hydrogens is 224 g/mol. The van der Waals surface area contributed by atoms with Crippen molar-refractivity contribution >= 4 is 5.97 Å². The molecule has 0 aromatic carbocycles. The predicted octanol–water partition coefficient (Wildman–Crippen LogP) is 1.09. The van der Waals surface area contributed by atoms with Gasteiger partial charge in [-0.2, -0.15) is 5.10 Å². The molecule has 1 aromatic rings. The maximum atomic E-state index is 10.6. The fourth-order valence-corrected chi connectivity index (χ4v) is 1.79. The Hall–Kier alpha value is -1.56. The summed E-state index contributed by atoms with van der Waals surface area (Å²) >= 11 is 0. The minimum absolute atomic E-state index is 0.321. The van der Waals surface area contributed by atoms with Crippen LogP contribution in [-0.2, 0) is 9.53 Å². The number of hydrogen-bond acceptors (Lipinski definition) is 4. The van der Waals surface area contributed by atoms with Crippen LogP contribution in [0.5, 0.6) is 5.75 Å². The molecule has 2 heterocycles. The number of ether oxygens (including phenoxy) is 2. The highest BCUT2D eigenvalue weighted by atomic mass is 16.5. The van der Waals surface area contributed by atoms with Gasteiger partial charge in [-0.3, -0.25) is 4.68 Å². The van der Waals surface area contributed by atoms with Gasteiger partial charge in [0.2, 0.25) is 0 Å². The van der Waals surface area contributed by atoms with E-state index in [1.807, 2.05) is 4.68 Å². The molecule has 0 saturated carbocycles. The maximum absolute atomic E-state index is 10.6. The number of nitrogens with zero attached hydrogens (tertiary/aromatic N) is 2. The summed E-state index contributed by atoms with van der Waals surface area (Å²) in [6, 6.07) is 0.321. The van der Waals surface area contributed by atoms with Crippen molar-refractivity contribution in [2.24, 2.45) is 0 Å². The van der Waals surface area contributed by atoms with Gasteiger partial charge in [-0.1, -0.05) is 0 Å². The summed E-state index contributed by atoms with van der Waals surface area (Å²) in [5.41, 5.74) is 0. The number of carboxylic acids is 1. The van der Waals surface area contributed by atoms with Crippen molar-refractivity contribution in [3.63, 3.8) is 0 Å². The van der Waals surface area contributed by atoms with E-state index in [2.05, 4.69) is 5.10 Å². The molecule has 0 bridgehead atoms. The molecule has 6 heteroatoms. The first-order valence-electron chi connectivity index (χ1n) is 5.68. The quantitative estimate of drug-likeness (QED) is 0.852. The summed E-state index contributed by atoms with van der Waals surface area (Å²) in [5.74, 6) is -0.491. The van der Waals surface area contributed by atoms with Gasteiger partial charge in [0.05, 0.1) is 18.4 Å². The predicted molar refractivity (Wildman–Crippen MR) is 59.0 cm³/mol. The molecule has 0 radical (unpaired) electrons. The van der Waals surface area contributed by atoms with E-state index in [-0.39, 0.29) is 0 Å². The van der Waals surface area contributed by atoms with Crippen LogP contribution in [0.25, 0.3) is 0 Å². The van der Waals surface area contributed by atoms with Crippen LogP contribution >= 0.6 is 0 Å². The molecule has 1 aliphatic heterocycles. The fraction of sp³-hybridized carbons (Fsp3) is 0.636. The summed E-state index contributed by atoms with van der Waals surface area (Å²) in [7, 11) is 0. The first-order chi connectivity index (χ1) is 8.16. The van der Waals surface area contributed by atoms with E-state index in [0.717, 1.165) is 26.1 Å². The lowest BCUT2D eigenvalue weighted by Gasteiger charge is -2.22. The zero-order chi connectivity index (χ0) is 12.3. The third kappa shape index (κ3) is 2.97. The number of aromatic nitrogens is 2. The second-order valence-electron chi connectivity index (χ2n) is 4.10.